The summed E-state index contributed by atoms with van der Waals surface area (Å²) in [7, 11) is 0. The van der Waals surface area contributed by atoms with Crippen molar-refractivity contribution in [1.82, 2.24) is 30.2 Å². The Morgan fingerprint density at radius 3 is 2.28 bits per heavy atom. The highest BCUT2D eigenvalue weighted by Crippen LogP contribution is 2.30. The summed E-state index contributed by atoms with van der Waals surface area (Å²) in [5, 5.41) is 24.0. The lowest BCUT2D eigenvalue weighted by molar-refractivity contribution is -0.763. The van der Waals surface area contributed by atoms with Gasteiger partial charge in [0.2, 0.25) is 5.82 Å². The maximum Gasteiger partial charge on any atom is 0.306 e. The number of ether oxygens (including phenoxy) is 1. The molecule has 0 atom stereocenters. The van der Waals surface area contributed by atoms with Gasteiger partial charge in [-0.15, -0.1) is 20.3 Å². The molecule has 0 aliphatic carbocycles. The normalized spacial score (nSPS) is 10.9. The third-order valence-electron chi connectivity index (χ3n) is 7.46. The van der Waals surface area contributed by atoms with Gasteiger partial charge in [-0.2, -0.15) is 5.21 Å². The minimum atomic E-state index is -0.859. The van der Waals surface area contributed by atoms with E-state index in [1.807, 2.05) is 53.1 Å². The van der Waals surface area contributed by atoms with Crippen LogP contribution in [-0.2, 0) is 40.5 Å². The second-order valence-electron chi connectivity index (χ2n) is 10.7. The Labute approximate surface area is 275 Å². The Bertz CT molecular complexity index is 1820. The van der Waals surface area contributed by atoms with Gasteiger partial charge in [0.1, 0.15) is 24.7 Å². The summed E-state index contributed by atoms with van der Waals surface area (Å²) in [6.45, 7) is 2.28. The molecule has 0 unspecified atom stereocenters. The lowest BCUT2D eigenvalue weighted by Crippen LogP contribution is -2.15. The van der Waals surface area contributed by atoms with Crippen molar-refractivity contribution >= 4 is 23.4 Å². The molecule has 0 saturated carbocycles. The minimum Gasteiger partial charge on any atom is -0.461 e. The Hall–Kier alpha value is -5.43. The molecule has 1 N–H and O–H groups in total. The minimum absolute atomic E-state index is 0.00117. The number of ketones is 1. The maximum atomic E-state index is 13.4. The van der Waals surface area contributed by atoms with Gasteiger partial charge in [-0.1, -0.05) is 97.7 Å². The summed E-state index contributed by atoms with van der Waals surface area (Å²) < 4.78 is 7.19. The van der Waals surface area contributed by atoms with E-state index in [1.165, 1.54) is 0 Å². The zero-order valence-electron chi connectivity index (χ0n) is 25.6. The topological polar surface area (TPSA) is 168 Å². The number of Topliss-reactive ketones (excluding diaryl/α,β-unsaturated/α-hetero) is 1. The van der Waals surface area contributed by atoms with Gasteiger partial charge in [0.25, 0.3) is 5.09 Å². The fourth-order valence-electron chi connectivity index (χ4n) is 5.04. The van der Waals surface area contributed by atoms with E-state index in [-0.39, 0.29) is 42.7 Å². The zero-order valence-corrected chi connectivity index (χ0v) is 26.4. The molecule has 0 spiro atoms. The lowest BCUT2D eigenvalue weighted by Gasteiger charge is -2.13. The first-order chi connectivity index (χ1) is 22.8. The third-order valence-corrected chi connectivity index (χ3v) is 7.72. The Balaban J connectivity index is 1.25. The number of nitrogens with one attached hydrogen (secondary N) is 1. The summed E-state index contributed by atoms with van der Waals surface area (Å²) in [5.41, 5.74) is 5.29. The van der Waals surface area contributed by atoms with Gasteiger partial charge >= 0.3 is 5.97 Å². The largest absolute Gasteiger partial charge is 0.461 e. The van der Waals surface area contributed by atoms with Crippen molar-refractivity contribution in [3.8, 4) is 22.5 Å². The highest BCUT2D eigenvalue weighted by molar-refractivity contribution is 6.32. The number of aryl methyl sites for hydroxylation is 1. The maximum absolute atomic E-state index is 13.4. The molecule has 2 heterocycles. The number of unbranched alkanes of at least 4 members (excludes halogenated alkanes) is 1. The van der Waals surface area contributed by atoms with Crippen molar-refractivity contribution in [1.29, 1.82) is 0 Å². The average Bonchev–Trinajstić information content (AvgIpc) is 3.73. The van der Waals surface area contributed by atoms with Gasteiger partial charge < -0.3 is 14.1 Å². The number of benzene rings is 3. The Morgan fingerprint density at radius 2 is 1.62 bits per heavy atom. The molecule has 242 valence electrons. The van der Waals surface area contributed by atoms with Crippen molar-refractivity contribution < 1.29 is 24.3 Å². The van der Waals surface area contributed by atoms with Gasteiger partial charge in [-0.25, -0.2) is 4.98 Å². The highest BCUT2D eigenvalue weighted by atomic mass is 35.5. The number of tetrazole rings is 1. The van der Waals surface area contributed by atoms with Crippen LogP contribution in [0.25, 0.3) is 22.5 Å². The SMILES string of the molecule is CCCCc1nc(Cl)c(C(=O)CCC(=O)OCc2ccc(CO[N+](=O)[O-])cc2)n1Cc1ccc(-c2ccccc2-c2nn[nH]n2)cc1. The van der Waals surface area contributed by atoms with Crippen molar-refractivity contribution in [3.63, 3.8) is 0 Å². The molecule has 47 heavy (non-hydrogen) atoms. The van der Waals surface area contributed by atoms with Gasteiger partial charge in [0.05, 0.1) is 6.42 Å². The van der Waals surface area contributed by atoms with Crippen LogP contribution in [0, 0.1) is 10.1 Å². The fraction of sp³-hybridized carbons (Fsp3) is 0.273. The van der Waals surface area contributed by atoms with E-state index in [4.69, 9.17) is 16.3 Å². The first-order valence-electron chi connectivity index (χ1n) is 15.0. The first-order valence-corrected chi connectivity index (χ1v) is 15.4. The molecule has 0 amide bonds. The van der Waals surface area contributed by atoms with Crippen molar-refractivity contribution in [2.45, 2.75) is 58.8 Å². The number of halogens is 1. The molecule has 0 radical (unpaired) electrons. The number of rotatable bonds is 16. The molecule has 2 aromatic heterocycles. The number of imidazole rings is 1. The van der Waals surface area contributed by atoms with Crippen molar-refractivity contribution in [3.05, 3.63) is 116 Å². The van der Waals surface area contributed by atoms with E-state index in [0.29, 0.717) is 35.7 Å². The van der Waals surface area contributed by atoms with Gasteiger partial charge in [0.15, 0.2) is 10.9 Å². The molecule has 0 aliphatic rings. The molecule has 5 rings (SSSR count). The van der Waals surface area contributed by atoms with Crippen LogP contribution in [0.15, 0.2) is 72.8 Å². The van der Waals surface area contributed by atoms with E-state index in [0.717, 1.165) is 35.1 Å². The number of hydrogen-bond acceptors (Lipinski definition) is 10. The van der Waals surface area contributed by atoms with Crippen LogP contribution in [0.4, 0.5) is 0 Å². The molecule has 14 heteroatoms. The number of aromatic amines is 1. The van der Waals surface area contributed by atoms with Crippen LogP contribution in [0.1, 0.15) is 65.6 Å². The molecular weight excluding hydrogens is 626 g/mol. The number of carbonyl (C=O) groups excluding carboxylic acids is 2. The number of nitrogens with zero attached hydrogens (tertiary/aromatic N) is 6. The summed E-state index contributed by atoms with van der Waals surface area (Å²) >= 11 is 6.54. The third kappa shape index (κ3) is 8.64. The quantitative estimate of drug-likeness (QED) is 0.0559. The van der Waals surface area contributed by atoms with E-state index in [9.17, 15) is 19.7 Å². The van der Waals surface area contributed by atoms with Crippen molar-refractivity contribution in [2.24, 2.45) is 0 Å². The Morgan fingerprint density at radius 1 is 0.936 bits per heavy atom. The van der Waals surface area contributed by atoms with E-state index < -0.39 is 11.1 Å². The molecule has 0 bridgehead atoms. The van der Waals surface area contributed by atoms with E-state index in [2.05, 4.69) is 37.4 Å². The number of H-pyrrole nitrogens is 1. The summed E-state index contributed by atoms with van der Waals surface area (Å²) in [6.07, 6.45) is 2.25. The predicted molar refractivity (Wildman–Crippen MR) is 172 cm³/mol. The molecule has 0 saturated heterocycles. The van der Waals surface area contributed by atoms with Gasteiger partial charge in [-0.3, -0.25) is 9.59 Å². The van der Waals surface area contributed by atoms with Crippen LogP contribution in [-0.4, -0.2) is 47.0 Å². The Kier molecular flexibility index (Phi) is 11.0. The number of carbonyl (C=O) groups is 2. The number of aromatic nitrogens is 6. The fourth-order valence-corrected chi connectivity index (χ4v) is 5.34. The molecular formula is C33H32ClN7O6. The number of hydrogen-bond donors (Lipinski definition) is 1. The van der Waals surface area contributed by atoms with Crippen LogP contribution in [0.3, 0.4) is 0 Å². The predicted octanol–water partition coefficient (Wildman–Crippen LogP) is 6.19. The molecule has 3 aromatic carbocycles. The van der Waals surface area contributed by atoms with Crippen molar-refractivity contribution in [2.75, 3.05) is 0 Å². The van der Waals surface area contributed by atoms with Gasteiger partial charge in [-0.05, 0) is 39.5 Å². The smallest absolute Gasteiger partial charge is 0.306 e. The molecule has 5 aromatic rings. The van der Waals surface area contributed by atoms with Crippen LogP contribution in [0.2, 0.25) is 5.15 Å². The summed E-state index contributed by atoms with van der Waals surface area (Å²) in [4.78, 5) is 45.2. The van der Waals surface area contributed by atoms with Crippen LogP contribution < -0.4 is 0 Å². The second-order valence-corrected chi connectivity index (χ2v) is 11.1. The van der Waals surface area contributed by atoms with Gasteiger partial charge in [0, 0.05) is 24.9 Å². The second kappa shape index (κ2) is 15.7. The molecule has 0 fully saturated rings. The highest BCUT2D eigenvalue weighted by Gasteiger charge is 2.23. The molecule has 13 nitrogen and oxygen atoms in total. The van der Waals surface area contributed by atoms with Crippen LogP contribution >= 0.6 is 11.6 Å². The summed E-state index contributed by atoms with van der Waals surface area (Å²) in [6, 6.07) is 22.5. The first kappa shape index (κ1) is 32.9. The standard InChI is InChI=1S/C33H32ClN7O6/c1-2-3-8-29-35-32(34)31(28(42)17-18-30(43)46-20-23-9-11-24(12-10-23)21-47-41(44)45)40(29)19-22-13-15-25(16-14-22)26-6-4-5-7-27(26)33-36-38-39-37-33/h4-7,9-16H,2-3,8,17-21H2,1H3,(H,36,37,38,39). The lowest BCUT2D eigenvalue weighted by atomic mass is 9.98. The monoisotopic (exact) mass is 657 g/mol. The summed E-state index contributed by atoms with van der Waals surface area (Å²) in [5.74, 6) is 0.371. The number of esters is 1. The van der Waals surface area contributed by atoms with Crippen LogP contribution in [0.5, 0.6) is 0 Å². The average molecular weight is 658 g/mol. The van der Waals surface area contributed by atoms with E-state index >= 15 is 0 Å². The zero-order chi connectivity index (χ0) is 33.2. The van der Waals surface area contributed by atoms with E-state index in [1.54, 1.807) is 24.3 Å². The molecule has 0 aliphatic heterocycles.